The third-order valence-corrected chi connectivity index (χ3v) is 2.01. The zero-order chi connectivity index (χ0) is 17.2. The van der Waals surface area contributed by atoms with Gasteiger partial charge in [-0.2, -0.15) is 0 Å². The van der Waals surface area contributed by atoms with E-state index in [9.17, 15) is 14.4 Å². The maximum absolute atomic E-state index is 11.0. The zero-order valence-corrected chi connectivity index (χ0v) is 13.2. The lowest BCUT2D eigenvalue weighted by Gasteiger charge is -2.16. The molecule has 0 amide bonds. The fraction of sp³-hybridized carbons (Fsp3) is 0.471. The number of aldehydes is 1. The molecule has 1 aliphatic rings. The van der Waals surface area contributed by atoms with Crippen molar-refractivity contribution >= 4 is 18.2 Å². The maximum atomic E-state index is 11.0. The van der Waals surface area contributed by atoms with Gasteiger partial charge < -0.3 is 14.2 Å². The predicted octanol–water partition coefficient (Wildman–Crippen LogP) is 2.64. The van der Waals surface area contributed by atoms with Gasteiger partial charge in [0.2, 0.25) is 6.29 Å². The molecule has 0 aromatic carbocycles. The minimum atomic E-state index is -0.803. The van der Waals surface area contributed by atoms with Crippen molar-refractivity contribution in [2.75, 3.05) is 19.8 Å². The maximum Gasteiger partial charge on any atom is 0.371 e. The summed E-state index contributed by atoms with van der Waals surface area (Å²) >= 11 is 0. The Morgan fingerprint density at radius 3 is 2.04 bits per heavy atom. The lowest BCUT2D eigenvalue weighted by Crippen LogP contribution is -2.27. The SMILES string of the molecule is C.C=CC=C.CCOC(=O)C1CC=CCO1.CCOC(=O)C=O. The van der Waals surface area contributed by atoms with Crippen molar-refractivity contribution in [3.63, 3.8) is 0 Å². The fourth-order valence-electron chi connectivity index (χ4n) is 1.10. The summed E-state index contributed by atoms with van der Waals surface area (Å²) in [6.07, 6.45) is 7.52. The molecule has 1 rings (SSSR count). The monoisotopic (exact) mass is 328 g/mol. The lowest BCUT2D eigenvalue weighted by molar-refractivity contribution is -0.156. The Kier molecular flexibility index (Phi) is 22.1. The molecule has 1 unspecified atom stereocenters. The number of esters is 2. The topological polar surface area (TPSA) is 78.9 Å². The van der Waals surface area contributed by atoms with Crippen LogP contribution in [0.25, 0.3) is 0 Å². The van der Waals surface area contributed by atoms with Gasteiger partial charge in [0.25, 0.3) is 0 Å². The molecule has 0 fully saturated rings. The van der Waals surface area contributed by atoms with Crippen LogP contribution >= 0.6 is 0 Å². The first-order valence-corrected chi connectivity index (χ1v) is 6.85. The van der Waals surface area contributed by atoms with E-state index in [1.54, 1.807) is 26.0 Å². The molecule has 132 valence electrons. The van der Waals surface area contributed by atoms with Gasteiger partial charge in [-0.1, -0.05) is 44.9 Å². The lowest BCUT2D eigenvalue weighted by atomic mass is 10.2. The molecule has 6 nitrogen and oxygen atoms in total. The van der Waals surface area contributed by atoms with Crippen LogP contribution in [0.2, 0.25) is 0 Å². The van der Waals surface area contributed by atoms with Crippen molar-refractivity contribution in [2.24, 2.45) is 0 Å². The first kappa shape index (κ1) is 25.7. The highest BCUT2D eigenvalue weighted by Gasteiger charge is 2.19. The first-order valence-electron chi connectivity index (χ1n) is 6.85. The molecule has 23 heavy (non-hydrogen) atoms. The molecule has 0 N–H and O–H groups in total. The second-order valence-corrected chi connectivity index (χ2v) is 3.62. The Labute approximate surface area is 138 Å². The van der Waals surface area contributed by atoms with Crippen LogP contribution in [0.5, 0.6) is 0 Å². The number of rotatable bonds is 5. The second-order valence-electron chi connectivity index (χ2n) is 3.62. The summed E-state index contributed by atoms with van der Waals surface area (Å²) in [6.45, 7) is 11.3. The van der Waals surface area contributed by atoms with E-state index in [2.05, 4.69) is 17.9 Å². The quantitative estimate of drug-likeness (QED) is 0.254. The van der Waals surface area contributed by atoms with Crippen LogP contribution in [0.15, 0.2) is 37.5 Å². The highest BCUT2D eigenvalue weighted by molar-refractivity contribution is 6.20. The molecule has 0 aromatic heterocycles. The van der Waals surface area contributed by atoms with E-state index in [4.69, 9.17) is 9.47 Å². The molecule has 0 aliphatic carbocycles. The van der Waals surface area contributed by atoms with Crippen molar-refractivity contribution in [3.8, 4) is 0 Å². The Balaban J connectivity index is -0.000000290. The molecule has 1 aliphatic heterocycles. The molecule has 1 heterocycles. The summed E-state index contributed by atoms with van der Waals surface area (Å²) in [6, 6.07) is 0. The van der Waals surface area contributed by atoms with Crippen molar-refractivity contribution in [1.29, 1.82) is 0 Å². The number of allylic oxidation sites excluding steroid dienone is 2. The standard InChI is InChI=1S/C8H12O3.C4H6O3.C4H6.CH4/c1-2-10-8(9)7-5-3-4-6-11-7;1-2-7-4(6)3-5;1-3-4-2;/h3-4,7H,2,5-6H2,1H3;3H,2H2,1H3;3-4H,1-2H2;1H4. The minimum absolute atomic E-state index is 0. The van der Waals surface area contributed by atoms with E-state index in [1.807, 2.05) is 12.2 Å². The molecule has 1 atom stereocenters. The largest absolute Gasteiger partial charge is 0.464 e. The number of carbonyl (C=O) groups excluding carboxylic acids is 3. The van der Waals surface area contributed by atoms with E-state index >= 15 is 0 Å². The van der Waals surface area contributed by atoms with Gasteiger partial charge in [0.05, 0.1) is 19.8 Å². The van der Waals surface area contributed by atoms with Crippen LogP contribution in [-0.2, 0) is 28.6 Å². The summed E-state index contributed by atoms with van der Waals surface area (Å²) in [4.78, 5) is 30.3. The van der Waals surface area contributed by atoms with Gasteiger partial charge in [-0.3, -0.25) is 4.79 Å². The van der Waals surface area contributed by atoms with E-state index in [-0.39, 0.29) is 32.4 Å². The molecule has 0 bridgehead atoms. The molecule has 0 radical (unpaired) electrons. The van der Waals surface area contributed by atoms with Gasteiger partial charge in [0.1, 0.15) is 0 Å². The summed E-state index contributed by atoms with van der Waals surface area (Å²) < 4.78 is 14.1. The van der Waals surface area contributed by atoms with Gasteiger partial charge in [0.15, 0.2) is 6.10 Å². The molecule has 6 heteroatoms. The highest BCUT2D eigenvalue weighted by atomic mass is 16.6. The molecule has 0 saturated carbocycles. The Morgan fingerprint density at radius 2 is 1.74 bits per heavy atom. The highest BCUT2D eigenvalue weighted by Crippen LogP contribution is 2.07. The minimum Gasteiger partial charge on any atom is -0.464 e. The Morgan fingerprint density at radius 1 is 1.17 bits per heavy atom. The van der Waals surface area contributed by atoms with E-state index in [1.165, 1.54) is 0 Å². The number of carbonyl (C=O) groups is 3. The van der Waals surface area contributed by atoms with Gasteiger partial charge in [-0.05, 0) is 13.8 Å². The molecular weight excluding hydrogens is 300 g/mol. The van der Waals surface area contributed by atoms with Crippen LogP contribution < -0.4 is 0 Å². The summed E-state index contributed by atoms with van der Waals surface area (Å²) in [5, 5.41) is 0. The molecule has 0 aromatic rings. The van der Waals surface area contributed by atoms with Gasteiger partial charge in [-0.25, -0.2) is 9.59 Å². The second kappa shape index (κ2) is 19.8. The van der Waals surface area contributed by atoms with E-state index in [0.29, 0.717) is 19.6 Å². The normalized spacial score (nSPS) is 14.3. The third-order valence-electron chi connectivity index (χ3n) is 2.01. The van der Waals surface area contributed by atoms with Crippen molar-refractivity contribution < 1.29 is 28.6 Å². The Bertz CT molecular complexity index is 367. The van der Waals surface area contributed by atoms with Crippen LogP contribution in [0.4, 0.5) is 0 Å². The number of hydrogen-bond donors (Lipinski definition) is 0. The van der Waals surface area contributed by atoms with Crippen molar-refractivity contribution in [1.82, 2.24) is 0 Å². The smallest absolute Gasteiger partial charge is 0.371 e. The first-order chi connectivity index (χ1) is 10.6. The van der Waals surface area contributed by atoms with E-state index < -0.39 is 5.97 Å². The third kappa shape index (κ3) is 17.7. The average Bonchev–Trinajstić information content (AvgIpc) is 2.57. The van der Waals surface area contributed by atoms with Crippen LogP contribution in [0.1, 0.15) is 27.7 Å². The molecule has 0 saturated heterocycles. The Hall–Kier alpha value is -2.21. The van der Waals surface area contributed by atoms with Crippen LogP contribution in [0, 0.1) is 0 Å². The summed E-state index contributed by atoms with van der Waals surface area (Å²) in [5.74, 6) is -1.06. The predicted molar refractivity (Wildman–Crippen MR) is 90.0 cm³/mol. The van der Waals surface area contributed by atoms with Crippen molar-refractivity contribution in [3.05, 3.63) is 37.5 Å². The van der Waals surface area contributed by atoms with Gasteiger partial charge >= 0.3 is 11.9 Å². The van der Waals surface area contributed by atoms with Gasteiger partial charge in [0, 0.05) is 6.42 Å². The van der Waals surface area contributed by atoms with E-state index in [0.717, 1.165) is 0 Å². The van der Waals surface area contributed by atoms with Crippen LogP contribution in [-0.4, -0.2) is 44.1 Å². The molecular formula is C17H28O6. The fourth-order valence-corrected chi connectivity index (χ4v) is 1.10. The zero-order valence-electron chi connectivity index (χ0n) is 13.2. The average molecular weight is 328 g/mol. The van der Waals surface area contributed by atoms with Gasteiger partial charge in [-0.15, -0.1) is 0 Å². The molecule has 0 spiro atoms. The van der Waals surface area contributed by atoms with Crippen LogP contribution in [0.3, 0.4) is 0 Å². The summed E-state index contributed by atoms with van der Waals surface area (Å²) in [7, 11) is 0. The number of hydrogen-bond acceptors (Lipinski definition) is 6. The number of ether oxygens (including phenoxy) is 3. The van der Waals surface area contributed by atoms with Crippen molar-refractivity contribution in [2.45, 2.75) is 33.8 Å². The summed E-state index contributed by atoms with van der Waals surface area (Å²) in [5.41, 5.74) is 0.